The van der Waals surface area contributed by atoms with Gasteiger partial charge in [-0.3, -0.25) is 0 Å². The summed E-state index contributed by atoms with van der Waals surface area (Å²) >= 11 is 0. The Kier molecular flexibility index (Phi) is 9.22. The van der Waals surface area contributed by atoms with Gasteiger partial charge < -0.3 is 29.2 Å². The van der Waals surface area contributed by atoms with Crippen molar-refractivity contribution in [1.82, 2.24) is 4.90 Å². The molecule has 1 fully saturated rings. The van der Waals surface area contributed by atoms with Crippen LogP contribution in [0.25, 0.3) is 6.08 Å². The summed E-state index contributed by atoms with van der Waals surface area (Å²) < 4.78 is 22.0. The van der Waals surface area contributed by atoms with E-state index in [-0.39, 0.29) is 12.1 Å². The highest BCUT2D eigenvalue weighted by molar-refractivity contribution is 5.87. The first-order chi connectivity index (χ1) is 17.2. The second kappa shape index (κ2) is 12.3. The number of esters is 1. The number of nitrogens with zero attached hydrogens (tertiary/aromatic N) is 1. The number of methoxy groups -OCH3 is 1. The molecule has 0 aliphatic carbocycles. The van der Waals surface area contributed by atoms with Crippen LogP contribution in [0.3, 0.4) is 0 Å². The summed E-state index contributed by atoms with van der Waals surface area (Å²) in [6.45, 7) is 8.92. The minimum Gasteiger partial charge on any atom is -0.497 e. The largest absolute Gasteiger partial charge is 0.497 e. The van der Waals surface area contributed by atoms with E-state index < -0.39 is 11.6 Å². The Morgan fingerprint density at radius 1 is 1.11 bits per heavy atom. The van der Waals surface area contributed by atoms with Gasteiger partial charge in [-0.2, -0.15) is 0 Å². The van der Waals surface area contributed by atoms with Crippen molar-refractivity contribution in [2.75, 3.05) is 32.1 Å². The minimum atomic E-state index is -0.538. The van der Waals surface area contributed by atoms with Gasteiger partial charge in [-0.15, -0.1) is 0 Å². The van der Waals surface area contributed by atoms with Crippen LogP contribution < -0.4 is 14.8 Å². The fourth-order valence-electron chi connectivity index (χ4n) is 3.84. The molecule has 0 aromatic heterocycles. The van der Waals surface area contributed by atoms with E-state index in [9.17, 15) is 9.59 Å². The number of hydrogen-bond acceptors (Lipinski definition) is 7. The van der Waals surface area contributed by atoms with Gasteiger partial charge >= 0.3 is 12.1 Å². The van der Waals surface area contributed by atoms with E-state index in [0.29, 0.717) is 31.2 Å². The normalized spacial score (nSPS) is 15.6. The smallest absolute Gasteiger partial charge is 0.410 e. The molecule has 1 saturated heterocycles. The average Bonchev–Trinajstić information content (AvgIpc) is 3.31. The number of likely N-dealkylation sites (tertiary alicyclic amines) is 1. The SMILES string of the molecule is CCOC(=O)C=Cc1ccc(NC[C@@H]2CCCN2C(=O)OC(C)(C)C)c(Oc2ccc(OC)cc2)c1. The zero-order valence-electron chi connectivity index (χ0n) is 21.7. The number of benzene rings is 2. The van der Waals surface area contributed by atoms with Crippen LogP contribution in [-0.2, 0) is 14.3 Å². The van der Waals surface area contributed by atoms with Crippen molar-refractivity contribution >= 4 is 23.8 Å². The summed E-state index contributed by atoms with van der Waals surface area (Å²) in [6.07, 6.45) is 4.60. The van der Waals surface area contributed by atoms with Gasteiger partial charge in [0, 0.05) is 19.2 Å². The maximum Gasteiger partial charge on any atom is 0.410 e. The molecule has 1 atom stereocenters. The van der Waals surface area contributed by atoms with Crippen molar-refractivity contribution in [3.8, 4) is 17.2 Å². The van der Waals surface area contributed by atoms with Crippen LogP contribution in [0.2, 0.25) is 0 Å². The number of carbonyl (C=O) groups excluding carboxylic acids is 2. The Morgan fingerprint density at radius 2 is 1.83 bits per heavy atom. The molecule has 0 unspecified atom stereocenters. The van der Waals surface area contributed by atoms with Gasteiger partial charge in [0.2, 0.25) is 0 Å². The van der Waals surface area contributed by atoms with Gasteiger partial charge in [-0.1, -0.05) is 6.07 Å². The predicted octanol–water partition coefficient (Wildman–Crippen LogP) is 5.88. The van der Waals surface area contributed by atoms with E-state index in [2.05, 4.69) is 5.32 Å². The summed E-state index contributed by atoms with van der Waals surface area (Å²) in [4.78, 5) is 26.2. The molecule has 0 bridgehead atoms. The van der Waals surface area contributed by atoms with Gasteiger partial charge in [0.05, 0.1) is 25.4 Å². The molecule has 1 N–H and O–H groups in total. The lowest BCUT2D eigenvalue weighted by molar-refractivity contribution is -0.137. The van der Waals surface area contributed by atoms with Crippen LogP contribution in [0.4, 0.5) is 10.5 Å². The fraction of sp³-hybridized carbons (Fsp3) is 0.429. The lowest BCUT2D eigenvalue weighted by Crippen LogP contribution is -2.42. The van der Waals surface area contributed by atoms with Crippen LogP contribution in [0.1, 0.15) is 46.1 Å². The molecule has 3 rings (SSSR count). The third-order valence-electron chi connectivity index (χ3n) is 5.52. The van der Waals surface area contributed by atoms with E-state index in [1.165, 1.54) is 6.08 Å². The molecule has 0 spiro atoms. The molecule has 194 valence electrons. The van der Waals surface area contributed by atoms with Crippen LogP contribution in [0, 0.1) is 0 Å². The van der Waals surface area contributed by atoms with E-state index in [0.717, 1.165) is 29.8 Å². The lowest BCUT2D eigenvalue weighted by Gasteiger charge is -2.29. The number of nitrogens with one attached hydrogen (secondary N) is 1. The van der Waals surface area contributed by atoms with Crippen molar-refractivity contribution in [1.29, 1.82) is 0 Å². The quantitative estimate of drug-likeness (QED) is 0.343. The molecule has 36 heavy (non-hydrogen) atoms. The Morgan fingerprint density at radius 3 is 2.50 bits per heavy atom. The number of hydrogen-bond donors (Lipinski definition) is 1. The van der Waals surface area contributed by atoms with Crippen molar-refractivity contribution < 1.29 is 28.5 Å². The molecule has 1 amide bonds. The molecule has 0 radical (unpaired) electrons. The highest BCUT2D eigenvalue weighted by atomic mass is 16.6. The van der Waals surface area contributed by atoms with E-state index in [4.69, 9.17) is 18.9 Å². The zero-order valence-corrected chi connectivity index (χ0v) is 21.7. The number of rotatable bonds is 9. The fourth-order valence-corrected chi connectivity index (χ4v) is 3.84. The molecule has 8 nitrogen and oxygen atoms in total. The Bertz CT molecular complexity index is 1060. The Labute approximate surface area is 213 Å². The molecule has 2 aromatic rings. The van der Waals surface area contributed by atoms with Gasteiger partial charge in [-0.25, -0.2) is 9.59 Å². The topological polar surface area (TPSA) is 86.3 Å². The lowest BCUT2D eigenvalue weighted by atomic mass is 10.1. The molecule has 1 heterocycles. The average molecular weight is 497 g/mol. The second-order valence-corrected chi connectivity index (χ2v) is 9.47. The molecule has 8 heteroatoms. The first-order valence-electron chi connectivity index (χ1n) is 12.2. The first kappa shape index (κ1) is 26.9. The molecular weight excluding hydrogens is 460 g/mol. The summed E-state index contributed by atoms with van der Waals surface area (Å²) in [5.74, 6) is 1.56. The van der Waals surface area contributed by atoms with E-state index in [1.54, 1.807) is 25.0 Å². The van der Waals surface area contributed by atoms with E-state index in [1.807, 2.05) is 63.2 Å². The van der Waals surface area contributed by atoms with Gasteiger partial charge in [-0.05, 0) is 88.6 Å². The Balaban J connectivity index is 1.77. The monoisotopic (exact) mass is 496 g/mol. The standard InChI is InChI=1S/C28H36N2O6/c1-6-34-26(31)16-10-20-9-15-24(25(18-20)35-23-13-11-22(33-5)12-14-23)29-19-21-8-7-17-30(21)27(32)36-28(2,3)4/h9-16,18,21,29H,6-8,17,19H2,1-5H3/t21-/m0/s1. The van der Waals surface area contributed by atoms with Crippen molar-refractivity contribution in [2.24, 2.45) is 0 Å². The molecule has 0 saturated carbocycles. The van der Waals surface area contributed by atoms with E-state index >= 15 is 0 Å². The maximum absolute atomic E-state index is 12.7. The summed E-state index contributed by atoms with van der Waals surface area (Å²) in [7, 11) is 1.61. The van der Waals surface area contributed by atoms with Crippen LogP contribution in [0.5, 0.6) is 17.2 Å². The Hall–Kier alpha value is -3.68. The number of carbonyl (C=O) groups is 2. The third-order valence-corrected chi connectivity index (χ3v) is 5.52. The van der Waals surface area contributed by atoms with Crippen LogP contribution in [-0.4, -0.2) is 55.4 Å². The molecule has 1 aliphatic rings. The van der Waals surface area contributed by atoms with Crippen molar-refractivity contribution in [3.05, 3.63) is 54.1 Å². The highest BCUT2D eigenvalue weighted by Gasteiger charge is 2.32. The number of amides is 1. The maximum atomic E-state index is 12.7. The first-order valence-corrected chi connectivity index (χ1v) is 12.2. The molecule has 2 aromatic carbocycles. The van der Waals surface area contributed by atoms with Crippen molar-refractivity contribution in [2.45, 2.75) is 52.2 Å². The van der Waals surface area contributed by atoms with Crippen LogP contribution in [0.15, 0.2) is 48.5 Å². The zero-order chi connectivity index (χ0) is 26.1. The van der Waals surface area contributed by atoms with Gasteiger partial charge in [0.25, 0.3) is 0 Å². The summed E-state index contributed by atoms with van der Waals surface area (Å²) in [6, 6.07) is 12.9. The second-order valence-electron chi connectivity index (χ2n) is 9.47. The molecule has 1 aliphatic heterocycles. The molecular formula is C28H36N2O6. The van der Waals surface area contributed by atoms with Crippen molar-refractivity contribution in [3.63, 3.8) is 0 Å². The number of anilines is 1. The highest BCUT2D eigenvalue weighted by Crippen LogP contribution is 2.33. The number of ether oxygens (including phenoxy) is 4. The minimum absolute atomic E-state index is 0.0112. The predicted molar refractivity (Wildman–Crippen MR) is 140 cm³/mol. The van der Waals surface area contributed by atoms with Gasteiger partial charge in [0.1, 0.15) is 17.1 Å². The van der Waals surface area contributed by atoms with Gasteiger partial charge in [0.15, 0.2) is 5.75 Å². The summed E-state index contributed by atoms with van der Waals surface area (Å²) in [5, 5.41) is 3.44. The van der Waals surface area contributed by atoms with Crippen LogP contribution >= 0.6 is 0 Å². The summed E-state index contributed by atoms with van der Waals surface area (Å²) in [5.41, 5.74) is 1.02. The third kappa shape index (κ3) is 7.93.